The molecule has 7 nitrogen and oxygen atoms in total. The van der Waals surface area contributed by atoms with Crippen LogP contribution in [-0.4, -0.2) is 32.1 Å². The number of carbonyl (C=O) groups is 3. The van der Waals surface area contributed by atoms with Crippen molar-refractivity contribution in [3.63, 3.8) is 0 Å². The Hall–Kier alpha value is -2.09. The number of rotatable bonds is 5. The molecule has 1 aliphatic rings. The summed E-state index contributed by atoms with van der Waals surface area (Å²) in [4.78, 5) is 35.9. The summed E-state index contributed by atoms with van der Waals surface area (Å²) in [6.45, 7) is -0.210. The van der Waals surface area contributed by atoms with E-state index in [4.69, 9.17) is 10.5 Å². The van der Waals surface area contributed by atoms with Crippen LogP contribution in [0.1, 0.15) is 51.3 Å². The Morgan fingerprint density at radius 3 is 2.30 bits per heavy atom. The Labute approximate surface area is 137 Å². The van der Waals surface area contributed by atoms with E-state index >= 15 is 0 Å². The van der Waals surface area contributed by atoms with E-state index in [0.29, 0.717) is 0 Å². The second-order valence-electron chi connectivity index (χ2n) is 5.22. The minimum atomic E-state index is -0.680. The topological polar surface area (TPSA) is 105 Å². The van der Waals surface area contributed by atoms with Crippen LogP contribution < -0.4 is 5.73 Å². The summed E-state index contributed by atoms with van der Waals surface area (Å²) in [6.07, 6.45) is 3.62. The maximum atomic E-state index is 12.0. The number of carbonyl (C=O) groups excluding carboxylic acids is 3. The molecule has 1 aliphatic carbocycles. The van der Waals surface area contributed by atoms with Gasteiger partial charge in [-0.3, -0.25) is 4.79 Å². The molecule has 1 fully saturated rings. The van der Waals surface area contributed by atoms with E-state index in [1.54, 1.807) is 0 Å². The van der Waals surface area contributed by atoms with E-state index in [0.717, 1.165) is 37.0 Å². The third kappa shape index (κ3) is 3.64. The number of hydrogen-bond donors (Lipinski definition) is 1. The Balaban J connectivity index is 2.24. The number of methoxy groups -OCH3 is 2. The van der Waals surface area contributed by atoms with Gasteiger partial charge in [0, 0.05) is 5.56 Å². The maximum Gasteiger partial charge on any atom is 0.348 e. The summed E-state index contributed by atoms with van der Waals surface area (Å²) < 4.78 is 14.7. The molecule has 0 amide bonds. The van der Waals surface area contributed by atoms with Crippen LogP contribution in [0, 0.1) is 5.92 Å². The number of anilines is 1. The molecule has 23 heavy (non-hydrogen) atoms. The molecule has 0 saturated heterocycles. The van der Waals surface area contributed by atoms with Crippen molar-refractivity contribution in [3.8, 4) is 0 Å². The van der Waals surface area contributed by atoms with Crippen molar-refractivity contribution in [2.75, 3.05) is 20.0 Å². The van der Waals surface area contributed by atoms with Gasteiger partial charge in [-0.1, -0.05) is 12.8 Å². The van der Waals surface area contributed by atoms with Crippen molar-refractivity contribution in [3.05, 3.63) is 16.0 Å². The molecule has 1 saturated carbocycles. The fraction of sp³-hybridized carbons (Fsp3) is 0.533. The van der Waals surface area contributed by atoms with Gasteiger partial charge in [-0.15, -0.1) is 11.3 Å². The van der Waals surface area contributed by atoms with Gasteiger partial charge in [0.15, 0.2) is 0 Å². The fourth-order valence-electron chi connectivity index (χ4n) is 2.63. The molecule has 8 heteroatoms. The van der Waals surface area contributed by atoms with E-state index in [9.17, 15) is 14.4 Å². The molecule has 0 unspecified atom stereocenters. The Kier molecular flexibility index (Phi) is 5.59. The van der Waals surface area contributed by atoms with Crippen LogP contribution in [0.25, 0.3) is 0 Å². The summed E-state index contributed by atoms with van der Waals surface area (Å²) in [6, 6.07) is 0. The standard InChI is InChI=1S/C15H19NO6S/c1-20-14(18)10-9(11(15(19)21-2)23-12(10)16)7-22-13(17)8-5-3-4-6-8/h8H,3-7,16H2,1-2H3. The highest BCUT2D eigenvalue weighted by Crippen LogP contribution is 2.33. The van der Waals surface area contributed by atoms with Crippen LogP contribution in [0.5, 0.6) is 0 Å². The third-order valence-electron chi connectivity index (χ3n) is 3.84. The first-order chi connectivity index (χ1) is 11.0. The second kappa shape index (κ2) is 7.45. The molecule has 126 valence electrons. The van der Waals surface area contributed by atoms with E-state index in [1.165, 1.54) is 14.2 Å². The van der Waals surface area contributed by atoms with Gasteiger partial charge in [0.2, 0.25) is 0 Å². The molecule has 0 aliphatic heterocycles. The van der Waals surface area contributed by atoms with Crippen molar-refractivity contribution in [2.24, 2.45) is 5.92 Å². The molecule has 0 aromatic carbocycles. The van der Waals surface area contributed by atoms with Gasteiger partial charge >= 0.3 is 17.9 Å². The number of thiophene rings is 1. The van der Waals surface area contributed by atoms with Gasteiger partial charge in [-0.2, -0.15) is 0 Å². The number of esters is 3. The zero-order valence-corrected chi connectivity index (χ0v) is 13.9. The summed E-state index contributed by atoms with van der Waals surface area (Å²) in [5.41, 5.74) is 6.10. The molecule has 2 rings (SSSR count). The Bertz CT molecular complexity index is 618. The first kappa shape index (κ1) is 17.3. The average Bonchev–Trinajstić information content (AvgIpc) is 3.19. The van der Waals surface area contributed by atoms with Crippen molar-refractivity contribution >= 4 is 34.2 Å². The van der Waals surface area contributed by atoms with E-state index in [1.807, 2.05) is 0 Å². The third-order valence-corrected chi connectivity index (χ3v) is 4.88. The number of ether oxygens (including phenoxy) is 3. The minimum absolute atomic E-state index is 0.0529. The maximum absolute atomic E-state index is 12.0. The summed E-state index contributed by atoms with van der Waals surface area (Å²) >= 11 is 0.912. The highest BCUT2D eigenvalue weighted by molar-refractivity contribution is 7.18. The number of nitrogen functional groups attached to an aromatic ring is 1. The lowest BCUT2D eigenvalue weighted by molar-refractivity contribution is -0.149. The van der Waals surface area contributed by atoms with Crippen LogP contribution in [0.15, 0.2) is 0 Å². The molecular formula is C15H19NO6S. The zero-order chi connectivity index (χ0) is 17.0. The molecule has 0 bridgehead atoms. The number of nitrogens with two attached hydrogens (primary N) is 1. The summed E-state index contributed by atoms with van der Waals surface area (Å²) in [7, 11) is 2.44. The fourth-order valence-corrected chi connectivity index (χ4v) is 3.61. The molecule has 0 radical (unpaired) electrons. The highest BCUT2D eigenvalue weighted by Gasteiger charge is 2.29. The predicted molar refractivity (Wildman–Crippen MR) is 83.2 cm³/mol. The monoisotopic (exact) mass is 341 g/mol. The summed E-state index contributed by atoms with van der Waals surface area (Å²) in [5.74, 6) is -1.75. The van der Waals surface area contributed by atoms with Crippen molar-refractivity contribution in [1.29, 1.82) is 0 Å². The van der Waals surface area contributed by atoms with Crippen molar-refractivity contribution in [1.82, 2.24) is 0 Å². The molecule has 1 aromatic rings. The van der Waals surface area contributed by atoms with Crippen molar-refractivity contribution in [2.45, 2.75) is 32.3 Å². The largest absolute Gasteiger partial charge is 0.465 e. The molecule has 0 atom stereocenters. The second-order valence-corrected chi connectivity index (χ2v) is 6.27. The van der Waals surface area contributed by atoms with Gasteiger partial charge < -0.3 is 19.9 Å². The molecular weight excluding hydrogens is 322 g/mol. The van der Waals surface area contributed by atoms with Gasteiger partial charge in [0.25, 0.3) is 0 Å². The van der Waals surface area contributed by atoms with Crippen LogP contribution in [0.3, 0.4) is 0 Å². The molecule has 1 heterocycles. The quantitative estimate of drug-likeness (QED) is 0.646. The first-order valence-corrected chi connectivity index (χ1v) is 8.05. The SMILES string of the molecule is COC(=O)c1sc(N)c(C(=O)OC)c1COC(=O)C1CCCC1. The van der Waals surface area contributed by atoms with E-state index in [2.05, 4.69) is 9.47 Å². The van der Waals surface area contributed by atoms with Crippen molar-refractivity contribution < 1.29 is 28.6 Å². The minimum Gasteiger partial charge on any atom is -0.465 e. The average molecular weight is 341 g/mol. The normalized spacial score (nSPS) is 14.5. The van der Waals surface area contributed by atoms with Crippen LogP contribution >= 0.6 is 11.3 Å². The predicted octanol–water partition coefficient (Wildman–Crippen LogP) is 2.14. The lowest BCUT2D eigenvalue weighted by Crippen LogP contribution is -2.17. The smallest absolute Gasteiger partial charge is 0.348 e. The van der Waals surface area contributed by atoms with Gasteiger partial charge in [-0.05, 0) is 12.8 Å². The Morgan fingerprint density at radius 2 is 1.74 bits per heavy atom. The molecule has 1 aromatic heterocycles. The highest BCUT2D eigenvalue weighted by atomic mass is 32.1. The molecule has 0 spiro atoms. The summed E-state index contributed by atoms with van der Waals surface area (Å²) in [5, 5.41) is 0.129. The zero-order valence-electron chi connectivity index (χ0n) is 13.0. The van der Waals surface area contributed by atoms with Crippen LogP contribution in [-0.2, 0) is 25.6 Å². The van der Waals surface area contributed by atoms with Crippen LogP contribution in [0.4, 0.5) is 5.00 Å². The molecule has 2 N–H and O–H groups in total. The van der Waals surface area contributed by atoms with E-state index < -0.39 is 11.9 Å². The van der Waals surface area contributed by atoms with Crippen LogP contribution in [0.2, 0.25) is 0 Å². The van der Waals surface area contributed by atoms with Gasteiger partial charge in [0.05, 0.1) is 20.1 Å². The lowest BCUT2D eigenvalue weighted by Gasteiger charge is -2.11. The van der Waals surface area contributed by atoms with E-state index in [-0.39, 0.29) is 39.5 Å². The lowest BCUT2D eigenvalue weighted by atomic mass is 10.1. The number of hydrogen-bond acceptors (Lipinski definition) is 8. The van der Waals surface area contributed by atoms with Gasteiger partial charge in [-0.25, -0.2) is 9.59 Å². The Morgan fingerprint density at radius 1 is 1.13 bits per heavy atom. The first-order valence-electron chi connectivity index (χ1n) is 7.24. The van der Waals surface area contributed by atoms with Gasteiger partial charge in [0.1, 0.15) is 22.0 Å².